The van der Waals surface area contributed by atoms with E-state index < -0.39 is 17.6 Å². The fraction of sp³-hybridized carbons (Fsp3) is 0.526. The number of aromatic nitrogens is 2. The molecule has 1 aliphatic carbocycles. The predicted octanol–water partition coefficient (Wildman–Crippen LogP) is 2.68. The average molecular weight is 373 g/mol. The van der Waals surface area contributed by atoms with Crippen LogP contribution in [0.15, 0.2) is 24.5 Å². The van der Waals surface area contributed by atoms with Crippen molar-refractivity contribution in [1.82, 2.24) is 14.9 Å². The maximum atomic E-state index is 12.2. The SMILES string of the molecule is CC(C)(C)OC(=O)N[C@@H]1CCCC[C@H]1Nc1c(C(N)=O)cnn2cccc12. The first kappa shape index (κ1) is 19.0. The van der Waals surface area contributed by atoms with Crippen LogP contribution in [0.3, 0.4) is 0 Å². The Morgan fingerprint density at radius 3 is 2.63 bits per heavy atom. The number of carbonyl (C=O) groups is 2. The maximum Gasteiger partial charge on any atom is 0.407 e. The number of ether oxygens (including phenoxy) is 1. The van der Waals surface area contributed by atoms with Crippen molar-refractivity contribution in [2.24, 2.45) is 5.73 Å². The number of nitrogens with zero attached hydrogens (tertiary/aromatic N) is 2. The fourth-order valence-corrected chi connectivity index (χ4v) is 3.45. The Labute approximate surface area is 158 Å². The van der Waals surface area contributed by atoms with Crippen LogP contribution in [-0.4, -0.2) is 39.3 Å². The van der Waals surface area contributed by atoms with Gasteiger partial charge in [-0.2, -0.15) is 5.10 Å². The van der Waals surface area contributed by atoms with Gasteiger partial charge in [0.25, 0.3) is 5.91 Å². The van der Waals surface area contributed by atoms with Gasteiger partial charge in [-0.15, -0.1) is 0 Å². The van der Waals surface area contributed by atoms with Gasteiger partial charge in [0.2, 0.25) is 0 Å². The molecular formula is C19H27N5O3. The molecule has 146 valence electrons. The molecule has 3 rings (SSSR count). The Bertz CT molecular complexity index is 839. The van der Waals surface area contributed by atoms with E-state index in [-0.39, 0.29) is 12.1 Å². The molecule has 0 aromatic carbocycles. The summed E-state index contributed by atoms with van der Waals surface area (Å²) in [5.41, 5.74) is 6.75. The summed E-state index contributed by atoms with van der Waals surface area (Å²) in [6, 6.07) is 3.60. The van der Waals surface area contributed by atoms with Gasteiger partial charge in [-0.3, -0.25) is 4.79 Å². The highest BCUT2D eigenvalue weighted by Gasteiger charge is 2.29. The molecule has 0 spiro atoms. The number of alkyl carbamates (subject to hydrolysis) is 1. The van der Waals surface area contributed by atoms with Gasteiger partial charge in [0.15, 0.2) is 0 Å². The number of amides is 2. The van der Waals surface area contributed by atoms with Crippen molar-refractivity contribution < 1.29 is 14.3 Å². The monoisotopic (exact) mass is 373 g/mol. The third-order valence-corrected chi connectivity index (χ3v) is 4.63. The zero-order valence-electron chi connectivity index (χ0n) is 16.0. The van der Waals surface area contributed by atoms with Gasteiger partial charge < -0.3 is 21.1 Å². The van der Waals surface area contributed by atoms with Gasteiger partial charge in [-0.25, -0.2) is 9.31 Å². The lowest BCUT2D eigenvalue weighted by Crippen LogP contribution is -2.50. The van der Waals surface area contributed by atoms with Crippen LogP contribution in [0.5, 0.6) is 0 Å². The molecule has 1 saturated carbocycles. The summed E-state index contributed by atoms with van der Waals surface area (Å²) in [7, 11) is 0. The molecule has 8 nitrogen and oxygen atoms in total. The van der Waals surface area contributed by atoms with Crippen molar-refractivity contribution >= 4 is 23.2 Å². The van der Waals surface area contributed by atoms with Crippen LogP contribution in [0.25, 0.3) is 5.52 Å². The molecule has 2 heterocycles. The number of fused-ring (bicyclic) bond motifs is 1. The molecular weight excluding hydrogens is 346 g/mol. The summed E-state index contributed by atoms with van der Waals surface area (Å²) >= 11 is 0. The number of anilines is 1. The predicted molar refractivity (Wildman–Crippen MR) is 103 cm³/mol. The molecule has 0 bridgehead atoms. The van der Waals surface area contributed by atoms with Gasteiger partial charge >= 0.3 is 6.09 Å². The molecule has 2 aromatic heterocycles. The molecule has 8 heteroatoms. The van der Waals surface area contributed by atoms with Crippen LogP contribution in [0, 0.1) is 0 Å². The first-order chi connectivity index (χ1) is 12.7. The Kier molecular flexibility index (Phi) is 5.25. The van der Waals surface area contributed by atoms with Gasteiger partial charge in [0.1, 0.15) is 5.60 Å². The zero-order chi connectivity index (χ0) is 19.6. The second-order valence-corrected chi connectivity index (χ2v) is 7.92. The highest BCUT2D eigenvalue weighted by molar-refractivity contribution is 6.01. The van der Waals surface area contributed by atoms with Gasteiger partial charge in [-0.05, 0) is 45.7 Å². The number of rotatable bonds is 4. The molecule has 0 unspecified atom stereocenters. The Balaban J connectivity index is 1.83. The highest BCUT2D eigenvalue weighted by Crippen LogP contribution is 2.27. The second-order valence-electron chi connectivity index (χ2n) is 7.92. The molecule has 2 aromatic rings. The number of carbonyl (C=O) groups excluding carboxylic acids is 2. The maximum absolute atomic E-state index is 12.2. The summed E-state index contributed by atoms with van der Waals surface area (Å²) in [6.07, 6.45) is 6.62. The lowest BCUT2D eigenvalue weighted by atomic mass is 9.90. The average Bonchev–Trinajstić information content (AvgIpc) is 3.03. The summed E-state index contributed by atoms with van der Waals surface area (Å²) in [5.74, 6) is -0.541. The largest absolute Gasteiger partial charge is 0.444 e. The summed E-state index contributed by atoms with van der Waals surface area (Å²) in [4.78, 5) is 24.1. The first-order valence-electron chi connectivity index (χ1n) is 9.27. The molecule has 27 heavy (non-hydrogen) atoms. The third kappa shape index (κ3) is 4.50. The minimum atomic E-state index is -0.552. The first-order valence-corrected chi connectivity index (χ1v) is 9.27. The molecule has 0 radical (unpaired) electrons. The van der Waals surface area contributed by atoms with Crippen molar-refractivity contribution in [3.63, 3.8) is 0 Å². The zero-order valence-corrected chi connectivity index (χ0v) is 16.0. The summed E-state index contributed by atoms with van der Waals surface area (Å²) in [5, 5.41) is 10.6. The minimum Gasteiger partial charge on any atom is -0.444 e. The smallest absolute Gasteiger partial charge is 0.407 e. The number of nitrogens with one attached hydrogen (secondary N) is 2. The van der Waals surface area contributed by atoms with Gasteiger partial charge in [-0.1, -0.05) is 12.8 Å². The van der Waals surface area contributed by atoms with Crippen molar-refractivity contribution in [3.05, 3.63) is 30.1 Å². The number of hydrogen-bond donors (Lipinski definition) is 3. The third-order valence-electron chi connectivity index (χ3n) is 4.63. The van der Waals surface area contributed by atoms with E-state index in [0.29, 0.717) is 11.3 Å². The van der Waals surface area contributed by atoms with E-state index >= 15 is 0 Å². The number of nitrogens with two attached hydrogens (primary N) is 1. The van der Waals surface area contributed by atoms with E-state index in [4.69, 9.17) is 10.5 Å². The number of hydrogen-bond acceptors (Lipinski definition) is 5. The van der Waals surface area contributed by atoms with Crippen LogP contribution in [0.2, 0.25) is 0 Å². The molecule has 2 atom stereocenters. The Morgan fingerprint density at radius 2 is 1.96 bits per heavy atom. The van der Waals surface area contributed by atoms with Crippen molar-refractivity contribution in [3.8, 4) is 0 Å². The second kappa shape index (κ2) is 7.46. The van der Waals surface area contributed by atoms with E-state index in [0.717, 1.165) is 31.2 Å². The molecule has 0 aliphatic heterocycles. The van der Waals surface area contributed by atoms with Gasteiger partial charge in [0, 0.05) is 12.2 Å². The van der Waals surface area contributed by atoms with E-state index in [9.17, 15) is 9.59 Å². The van der Waals surface area contributed by atoms with Crippen LogP contribution < -0.4 is 16.4 Å². The van der Waals surface area contributed by atoms with Crippen LogP contribution in [0.4, 0.5) is 10.5 Å². The molecule has 1 fully saturated rings. The van der Waals surface area contributed by atoms with Crippen molar-refractivity contribution in [1.29, 1.82) is 0 Å². The fourth-order valence-electron chi connectivity index (χ4n) is 3.45. The van der Waals surface area contributed by atoms with E-state index in [2.05, 4.69) is 15.7 Å². The van der Waals surface area contributed by atoms with Crippen LogP contribution >= 0.6 is 0 Å². The topological polar surface area (TPSA) is 111 Å². The van der Waals surface area contributed by atoms with E-state index in [1.165, 1.54) is 6.20 Å². The molecule has 1 aliphatic rings. The van der Waals surface area contributed by atoms with Crippen LogP contribution in [0.1, 0.15) is 56.8 Å². The Hall–Kier alpha value is -2.77. The van der Waals surface area contributed by atoms with Gasteiger partial charge in [0.05, 0.1) is 29.0 Å². The summed E-state index contributed by atoms with van der Waals surface area (Å²) in [6.45, 7) is 5.51. The standard InChI is InChI=1S/C19H27N5O3/c1-19(2,3)27-18(26)23-14-8-5-4-7-13(14)22-16-12(17(20)25)11-21-24-10-6-9-15(16)24/h6,9-11,13-14,22H,4-5,7-8H2,1-3H3,(H2,20,25)(H,23,26)/t13-,14-/m1/s1. The van der Waals surface area contributed by atoms with Crippen LogP contribution in [-0.2, 0) is 4.74 Å². The van der Waals surface area contributed by atoms with Crippen molar-refractivity contribution in [2.45, 2.75) is 64.1 Å². The Morgan fingerprint density at radius 1 is 1.26 bits per heavy atom. The lowest BCUT2D eigenvalue weighted by Gasteiger charge is -2.34. The normalized spacial score (nSPS) is 20.3. The highest BCUT2D eigenvalue weighted by atomic mass is 16.6. The molecule has 4 N–H and O–H groups in total. The van der Waals surface area contributed by atoms with E-state index in [1.54, 1.807) is 4.52 Å². The summed E-state index contributed by atoms with van der Waals surface area (Å²) < 4.78 is 7.08. The van der Waals surface area contributed by atoms with E-state index in [1.807, 2.05) is 39.1 Å². The molecule has 0 saturated heterocycles. The number of primary amides is 1. The minimum absolute atomic E-state index is 0.0366. The lowest BCUT2D eigenvalue weighted by molar-refractivity contribution is 0.0488. The van der Waals surface area contributed by atoms with Crippen molar-refractivity contribution in [2.75, 3.05) is 5.32 Å². The molecule has 2 amide bonds. The quantitative estimate of drug-likeness (QED) is 0.763.